The van der Waals surface area contributed by atoms with Crippen LogP contribution < -0.4 is 10.6 Å². The molecule has 0 aliphatic carbocycles. The fourth-order valence-electron chi connectivity index (χ4n) is 1.67. The van der Waals surface area contributed by atoms with Crippen molar-refractivity contribution in [2.24, 2.45) is 5.73 Å². The van der Waals surface area contributed by atoms with E-state index in [1.165, 1.54) is 11.3 Å². The van der Waals surface area contributed by atoms with Crippen LogP contribution >= 0.6 is 11.8 Å². The smallest absolute Gasteiger partial charge is 0.0366 e. The van der Waals surface area contributed by atoms with Crippen molar-refractivity contribution in [1.82, 2.24) is 0 Å². The van der Waals surface area contributed by atoms with Crippen LogP contribution in [0.3, 0.4) is 0 Å². The van der Waals surface area contributed by atoms with Crippen molar-refractivity contribution in [3.8, 4) is 0 Å². The van der Waals surface area contributed by atoms with Crippen molar-refractivity contribution in [3.05, 3.63) is 29.8 Å². The summed E-state index contributed by atoms with van der Waals surface area (Å²) in [5.41, 5.74) is 8.13. The minimum absolute atomic E-state index is 0.565. The van der Waals surface area contributed by atoms with Gasteiger partial charge in [-0.1, -0.05) is 12.1 Å². The van der Waals surface area contributed by atoms with Crippen LogP contribution in [0, 0.1) is 0 Å². The number of rotatable bonds is 6. The normalized spacial score (nSPS) is 12.5. The molecule has 1 aromatic carbocycles. The largest absolute Gasteiger partial charge is 0.371 e. The lowest BCUT2D eigenvalue weighted by atomic mass is 10.1. The molecule has 0 radical (unpaired) electrons. The van der Waals surface area contributed by atoms with Gasteiger partial charge in [0, 0.05) is 24.5 Å². The fourth-order valence-corrected chi connectivity index (χ4v) is 2.38. The Labute approximate surface area is 103 Å². The summed E-state index contributed by atoms with van der Waals surface area (Å²) in [6, 6.07) is 9.27. The summed E-state index contributed by atoms with van der Waals surface area (Å²) in [7, 11) is 2.15. The molecule has 0 amide bonds. The summed E-state index contributed by atoms with van der Waals surface area (Å²) < 4.78 is 0. The van der Waals surface area contributed by atoms with Crippen LogP contribution in [-0.2, 0) is 6.42 Å². The van der Waals surface area contributed by atoms with Gasteiger partial charge in [-0.05, 0) is 43.8 Å². The Morgan fingerprint density at radius 1 is 1.31 bits per heavy atom. The quantitative estimate of drug-likeness (QED) is 0.825. The topological polar surface area (TPSA) is 29.3 Å². The summed E-state index contributed by atoms with van der Waals surface area (Å²) >= 11 is 1.89. The Hall–Kier alpha value is -0.670. The van der Waals surface area contributed by atoms with Gasteiger partial charge >= 0.3 is 0 Å². The summed E-state index contributed by atoms with van der Waals surface area (Å²) in [4.78, 5) is 2.32. The molecule has 0 aliphatic heterocycles. The average molecular weight is 238 g/mol. The molecule has 2 nitrogen and oxygen atoms in total. The van der Waals surface area contributed by atoms with E-state index >= 15 is 0 Å². The van der Waals surface area contributed by atoms with Gasteiger partial charge in [0.25, 0.3) is 0 Å². The van der Waals surface area contributed by atoms with Gasteiger partial charge in [-0.3, -0.25) is 0 Å². The zero-order valence-electron chi connectivity index (χ0n) is 10.4. The molecule has 0 heterocycles. The monoisotopic (exact) mass is 238 g/mol. The average Bonchev–Trinajstić information content (AvgIpc) is 2.30. The van der Waals surface area contributed by atoms with E-state index in [-0.39, 0.29) is 0 Å². The molecule has 0 aromatic heterocycles. The van der Waals surface area contributed by atoms with Crippen molar-refractivity contribution >= 4 is 17.4 Å². The third kappa shape index (κ3) is 3.72. The van der Waals surface area contributed by atoms with Crippen LogP contribution in [0.15, 0.2) is 24.3 Å². The predicted molar refractivity (Wildman–Crippen MR) is 75.4 cm³/mol. The Kier molecular flexibility index (Phi) is 5.71. The number of hydrogen-bond donors (Lipinski definition) is 1. The van der Waals surface area contributed by atoms with E-state index in [9.17, 15) is 0 Å². The van der Waals surface area contributed by atoms with Crippen LogP contribution in [0.25, 0.3) is 0 Å². The van der Waals surface area contributed by atoms with E-state index in [0.29, 0.717) is 6.04 Å². The van der Waals surface area contributed by atoms with Gasteiger partial charge in [0.15, 0.2) is 0 Å². The maximum atomic E-state index is 5.53. The lowest BCUT2D eigenvalue weighted by Gasteiger charge is -2.26. The van der Waals surface area contributed by atoms with E-state index in [1.807, 2.05) is 11.8 Å². The SMILES string of the molecule is CSCC(C)N(C)c1ccc(CCN)cc1. The maximum Gasteiger partial charge on any atom is 0.0366 e. The van der Waals surface area contributed by atoms with Gasteiger partial charge in [0.05, 0.1) is 0 Å². The fraction of sp³-hybridized carbons (Fsp3) is 0.538. The minimum Gasteiger partial charge on any atom is -0.371 e. The van der Waals surface area contributed by atoms with Crippen LogP contribution in [0.5, 0.6) is 0 Å². The first kappa shape index (κ1) is 13.4. The lowest BCUT2D eigenvalue weighted by Crippen LogP contribution is -2.30. The number of anilines is 1. The Morgan fingerprint density at radius 2 is 1.94 bits per heavy atom. The van der Waals surface area contributed by atoms with Gasteiger partial charge in [-0.2, -0.15) is 11.8 Å². The second kappa shape index (κ2) is 6.81. The highest BCUT2D eigenvalue weighted by molar-refractivity contribution is 7.98. The molecule has 0 saturated carbocycles. The Bertz CT molecular complexity index is 297. The summed E-state index contributed by atoms with van der Waals surface area (Å²) in [5, 5.41) is 0. The molecular formula is C13H22N2S. The van der Waals surface area contributed by atoms with Crippen molar-refractivity contribution in [3.63, 3.8) is 0 Å². The second-order valence-electron chi connectivity index (χ2n) is 4.12. The molecule has 2 N–H and O–H groups in total. The molecule has 0 bridgehead atoms. The van der Waals surface area contributed by atoms with E-state index in [1.54, 1.807) is 0 Å². The molecule has 1 unspecified atom stereocenters. The van der Waals surface area contributed by atoms with Gasteiger partial charge in [-0.15, -0.1) is 0 Å². The molecule has 1 aromatic rings. The first-order chi connectivity index (χ1) is 7.69. The van der Waals surface area contributed by atoms with Crippen molar-refractivity contribution < 1.29 is 0 Å². The summed E-state index contributed by atoms with van der Waals surface area (Å²) in [6.45, 7) is 2.97. The van der Waals surface area contributed by atoms with E-state index in [2.05, 4.69) is 49.4 Å². The molecule has 3 heteroatoms. The number of benzene rings is 1. The van der Waals surface area contributed by atoms with E-state index in [4.69, 9.17) is 5.73 Å². The second-order valence-corrected chi connectivity index (χ2v) is 5.03. The molecule has 0 fully saturated rings. The van der Waals surface area contributed by atoms with Gasteiger partial charge in [0.2, 0.25) is 0 Å². The molecule has 0 saturated heterocycles. The zero-order valence-corrected chi connectivity index (χ0v) is 11.3. The molecule has 90 valence electrons. The third-order valence-corrected chi connectivity index (χ3v) is 3.66. The zero-order chi connectivity index (χ0) is 12.0. The van der Waals surface area contributed by atoms with Crippen molar-refractivity contribution in [1.29, 1.82) is 0 Å². The van der Waals surface area contributed by atoms with Crippen molar-refractivity contribution in [2.75, 3.05) is 30.5 Å². The van der Waals surface area contributed by atoms with Crippen LogP contribution in [0.4, 0.5) is 5.69 Å². The summed E-state index contributed by atoms with van der Waals surface area (Å²) in [5.74, 6) is 1.15. The van der Waals surface area contributed by atoms with Crippen LogP contribution in [0.1, 0.15) is 12.5 Å². The first-order valence-electron chi connectivity index (χ1n) is 5.69. The molecular weight excluding hydrogens is 216 g/mol. The maximum absolute atomic E-state index is 5.53. The molecule has 1 atom stereocenters. The number of nitrogens with two attached hydrogens (primary N) is 1. The van der Waals surface area contributed by atoms with Gasteiger partial charge < -0.3 is 10.6 Å². The standard InChI is InChI=1S/C13H22N2S/c1-11(10-16-3)15(2)13-6-4-12(5-7-13)8-9-14/h4-7,11H,8-10,14H2,1-3H3. The lowest BCUT2D eigenvalue weighted by molar-refractivity contribution is 0.765. The third-order valence-electron chi connectivity index (χ3n) is 2.85. The van der Waals surface area contributed by atoms with E-state index < -0.39 is 0 Å². The van der Waals surface area contributed by atoms with Gasteiger partial charge in [0.1, 0.15) is 0 Å². The Morgan fingerprint density at radius 3 is 2.44 bits per heavy atom. The Balaban J connectivity index is 2.65. The molecule has 16 heavy (non-hydrogen) atoms. The number of nitrogens with zero attached hydrogens (tertiary/aromatic N) is 1. The molecule has 0 aliphatic rings. The highest BCUT2D eigenvalue weighted by Crippen LogP contribution is 2.17. The van der Waals surface area contributed by atoms with Crippen LogP contribution in [-0.4, -0.2) is 31.6 Å². The van der Waals surface area contributed by atoms with Crippen LogP contribution in [0.2, 0.25) is 0 Å². The van der Waals surface area contributed by atoms with E-state index in [0.717, 1.165) is 18.7 Å². The van der Waals surface area contributed by atoms with Crippen molar-refractivity contribution in [2.45, 2.75) is 19.4 Å². The highest BCUT2D eigenvalue weighted by Gasteiger charge is 2.08. The number of hydrogen-bond acceptors (Lipinski definition) is 3. The minimum atomic E-state index is 0.565. The highest BCUT2D eigenvalue weighted by atomic mass is 32.2. The van der Waals surface area contributed by atoms with Gasteiger partial charge in [-0.25, -0.2) is 0 Å². The first-order valence-corrected chi connectivity index (χ1v) is 7.09. The number of thioether (sulfide) groups is 1. The molecule has 1 rings (SSSR count). The molecule has 0 spiro atoms. The predicted octanol–water partition coefficient (Wildman–Crippen LogP) is 2.38. The summed E-state index contributed by atoms with van der Waals surface area (Å²) in [6.07, 6.45) is 3.11.